The zero-order valence-corrected chi connectivity index (χ0v) is 21.8. The number of ether oxygens (including phenoxy) is 1. The fourth-order valence-corrected chi connectivity index (χ4v) is 4.30. The molecule has 0 saturated heterocycles. The normalized spacial score (nSPS) is 13.1. The largest absolute Gasteiger partial charge is 0.481 e. The summed E-state index contributed by atoms with van der Waals surface area (Å²) in [4.78, 5) is 23.3. The highest BCUT2D eigenvalue weighted by molar-refractivity contribution is 5.71. The van der Waals surface area contributed by atoms with E-state index in [1.165, 1.54) is 83.5 Å². The Bertz CT molecular complexity index is 452. The van der Waals surface area contributed by atoms with Crippen molar-refractivity contribution < 1.29 is 24.5 Å². The Morgan fingerprint density at radius 2 is 1.00 bits per heavy atom. The van der Waals surface area contributed by atoms with Gasteiger partial charge in [0.1, 0.15) is 6.10 Å². The van der Waals surface area contributed by atoms with E-state index in [1.54, 1.807) is 0 Å². The molecule has 33 heavy (non-hydrogen) atoms. The molecule has 0 aliphatic carbocycles. The van der Waals surface area contributed by atoms with Crippen molar-refractivity contribution in [2.24, 2.45) is 0 Å². The molecule has 0 saturated carbocycles. The van der Waals surface area contributed by atoms with Gasteiger partial charge in [0.25, 0.3) is 0 Å². The molecule has 2 N–H and O–H groups in total. The summed E-state index contributed by atoms with van der Waals surface area (Å²) in [5.41, 5.74) is 0. The van der Waals surface area contributed by atoms with Crippen molar-refractivity contribution in [2.75, 3.05) is 0 Å². The van der Waals surface area contributed by atoms with Crippen molar-refractivity contribution in [3.05, 3.63) is 0 Å². The van der Waals surface area contributed by atoms with Crippen LogP contribution in [0.1, 0.15) is 155 Å². The van der Waals surface area contributed by atoms with E-state index in [0.29, 0.717) is 12.8 Å². The first-order valence-electron chi connectivity index (χ1n) is 14.1. The number of unbranched alkanes of at least 4 members (excludes halogenated alkanes) is 16. The number of carboxylic acid groups (broad SMARTS) is 1. The molecular formula is C28H54O5. The molecule has 0 radical (unpaired) electrons. The fourth-order valence-electron chi connectivity index (χ4n) is 4.30. The summed E-state index contributed by atoms with van der Waals surface area (Å²) in [5.74, 6) is -1.42. The minimum absolute atomic E-state index is 0.0368. The number of rotatable bonds is 25. The Balaban J connectivity index is 3.88. The van der Waals surface area contributed by atoms with Gasteiger partial charge in [-0.2, -0.15) is 0 Å². The van der Waals surface area contributed by atoms with Gasteiger partial charge >= 0.3 is 11.9 Å². The Kier molecular flexibility index (Phi) is 23.2. The minimum atomic E-state index is -0.945. The highest BCUT2D eigenvalue weighted by atomic mass is 16.5. The second-order valence-corrected chi connectivity index (χ2v) is 9.80. The van der Waals surface area contributed by atoms with Crippen molar-refractivity contribution in [3.8, 4) is 0 Å². The lowest BCUT2D eigenvalue weighted by Gasteiger charge is -2.17. The van der Waals surface area contributed by atoms with Crippen LogP contribution in [0.4, 0.5) is 0 Å². The molecule has 5 nitrogen and oxygen atoms in total. The Morgan fingerprint density at radius 3 is 1.42 bits per heavy atom. The average molecular weight is 471 g/mol. The third-order valence-corrected chi connectivity index (χ3v) is 6.37. The van der Waals surface area contributed by atoms with Crippen molar-refractivity contribution in [1.29, 1.82) is 0 Å². The van der Waals surface area contributed by atoms with Crippen LogP contribution in [0.25, 0.3) is 0 Å². The van der Waals surface area contributed by atoms with Crippen LogP contribution in [0.5, 0.6) is 0 Å². The molecule has 0 aliphatic heterocycles. The Labute approximate surface area is 204 Å². The van der Waals surface area contributed by atoms with Gasteiger partial charge in [-0.15, -0.1) is 0 Å². The fraction of sp³-hybridized carbons (Fsp3) is 0.929. The molecule has 0 spiro atoms. The first-order valence-corrected chi connectivity index (χ1v) is 14.1. The van der Waals surface area contributed by atoms with Gasteiger partial charge in [-0.3, -0.25) is 9.59 Å². The molecule has 0 heterocycles. The molecule has 0 aromatic rings. The summed E-state index contributed by atoms with van der Waals surface area (Å²) in [6.07, 6.45) is 21.5. The average Bonchev–Trinajstić information content (AvgIpc) is 2.76. The lowest BCUT2D eigenvalue weighted by molar-refractivity contribution is -0.155. The molecule has 0 aromatic heterocycles. The zero-order chi connectivity index (χ0) is 24.6. The van der Waals surface area contributed by atoms with Crippen molar-refractivity contribution in [2.45, 2.75) is 167 Å². The number of hydrogen-bond donors (Lipinski definition) is 2. The van der Waals surface area contributed by atoms with E-state index in [4.69, 9.17) is 9.84 Å². The second-order valence-electron chi connectivity index (χ2n) is 9.80. The van der Waals surface area contributed by atoms with Gasteiger partial charge in [0, 0.05) is 0 Å². The van der Waals surface area contributed by atoms with Gasteiger partial charge in [-0.25, -0.2) is 0 Å². The van der Waals surface area contributed by atoms with Gasteiger partial charge in [-0.1, -0.05) is 123 Å². The minimum Gasteiger partial charge on any atom is -0.481 e. The van der Waals surface area contributed by atoms with Crippen LogP contribution >= 0.6 is 0 Å². The highest BCUT2D eigenvalue weighted by Crippen LogP contribution is 2.16. The van der Waals surface area contributed by atoms with Crippen LogP contribution in [0, 0.1) is 0 Å². The Hall–Kier alpha value is -1.10. The molecule has 0 aliphatic rings. The van der Waals surface area contributed by atoms with Crippen LogP contribution in [0.15, 0.2) is 0 Å². The molecule has 0 unspecified atom stereocenters. The number of carbonyl (C=O) groups excluding carboxylic acids is 1. The molecule has 5 heteroatoms. The summed E-state index contributed by atoms with van der Waals surface area (Å²) in [6.45, 7) is 4.45. The third kappa shape index (κ3) is 23.8. The van der Waals surface area contributed by atoms with Gasteiger partial charge in [0.15, 0.2) is 0 Å². The standard InChI is InChI=1S/C28H54O5/c1-3-5-7-9-11-13-15-17-19-21-25(29)23-28(32)33-26(24-27(30)31)22-20-18-16-14-12-10-8-6-4-2/h25-26,29H,3-24H2,1-2H3,(H,30,31)/t25-,26-/m1/s1. The number of aliphatic hydroxyl groups excluding tert-OH is 1. The van der Waals surface area contributed by atoms with E-state index < -0.39 is 24.1 Å². The summed E-state index contributed by atoms with van der Waals surface area (Å²) in [7, 11) is 0. The molecule has 196 valence electrons. The molecule has 0 aromatic carbocycles. The SMILES string of the molecule is CCCCCCCCCCC[C@@H](O)CC(=O)O[C@H](CCCCCCCCCCC)CC(=O)O. The van der Waals surface area contributed by atoms with Crippen molar-refractivity contribution in [1.82, 2.24) is 0 Å². The van der Waals surface area contributed by atoms with Crippen LogP contribution in [-0.2, 0) is 14.3 Å². The van der Waals surface area contributed by atoms with Crippen LogP contribution in [0.3, 0.4) is 0 Å². The van der Waals surface area contributed by atoms with E-state index in [2.05, 4.69) is 13.8 Å². The maximum atomic E-state index is 12.2. The monoisotopic (exact) mass is 470 g/mol. The number of aliphatic carboxylic acids is 1. The lowest BCUT2D eigenvalue weighted by atomic mass is 10.0. The maximum absolute atomic E-state index is 12.2. The number of hydrogen-bond acceptors (Lipinski definition) is 4. The van der Waals surface area contributed by atoms with Crippen molar-refractivity contribution >= 4 is 11.9 Å². The summed E-state index contributed by atoms with van der Waals surface area (Å²) < 4.78 is 5.42. The maximum Gasteiger partial charge on any atom is 0.308 e. The van der Waals surface area contributed by atoms with Gasteiger partial charge < -0.3 is 14.9 Å². The molecule has 0 amide bonds. The quantitative estimate of drug-likeness (QED) is 0.104. The third-order valence-electron chi connectivity index (χ3n) is 6.37. The second kappa shape index (κ2) is 24.0. The number of carboxylic acids is 1. The van der Waals surface area contributed by atoms with Crippen LogP contribution in [0.2, 0.25) is 0 Å². The first kappa shape index (κ1) is 31.9. The van der Waals surface area contributed by atoms with Gasteiger partial charge in [0.05, 0.1) is 18.9 Å². The predicted octanol–water partition coefficient (Wildman–Crippen LogP) is 7.97. The number of aliphatic hydroxyl groups is 1. The summed E-state index contributed by atoms with van der Waals surface area (Å²) in [5, 5.41) is 19.3. The molecule has 0 fully saturated rings. The van der Waals surface area contributed by atoms with E-state index in [9.17, 15) is 14.7 Å². The number of esters is 1. The zero-order valence-electron chi connectivity index (χ0n) is 21.8. The molecule has 0 rings (SSSR count). The lowest BCUT2D eigenvalue weighted by Crippen LogP contribution is -2.24. The van der Waals surface area contributed by atoms with Crippen LogP contribution in [-0.4, -0.2) is 34.4 Å². The molecule has 0 bridgehead atoms. The van der Waals surface area contributed by atoms with Gasteiger partial charge in [-0.05, 0) is 19.3 Å². The molecule has 2 atom stereocenters. The van der Waals surface area contributed by atoms with Gasteiger partial charge in [0.2, 0.25) is 0 Å². The topological polar surface area (TPSA) is 83.8 Å². The number of carbonyl (C=O) groups is 2. The predicted molar refractivity (Wildman–Crippen MR) is 136 cm³/mol. The molecular weight excluding hydrogens is 416 g/mol. The van der Waals surface area contributed by atoms with E-state index in [1.807, 2.05) is 0 Å². The van der Waals surface area contributed by atoms with Crippen LogP contribution < -0.4 is 0 Å². The Morgan fingerprint density at radius 1 is 0.606 bits per heavy atom. The van der Waals surface area contributed by atoms with E-state index in [-0.39, 0.29) is 12.8 Å². The van der Waals surface area contributed by atoms with E-state index >= 15 is 0 Å². The summed E-state index contributed by atoms with van der Waals surface area (Å²) >= 11 is 0. The first-order chi connectivity index (χ1) is 16.0. The highest BCUT2D eigenvalue weighted by Gasteiger charge is 2.20. The van der Waals surface area contributed by atoms with Crippen molar-refractivity contribution in [3.63, 3.8) is 0 Å². The van der Waals surface area contributed by atoms with E-state index in [0.717, 1.165) is 32.1 Å². The smallest absolute Gasteiger partial charge is 0.308 e. The summed E-state index contributed by atoms with van der Waals surface area (Å²) in [6, 6.07) is 0.